The normalized spacial score (nSPS) is 12.0. The quantitative estimate of drug-likeness (QED) is 0.618. The molecule has 0 aliphatic rings. The third kappa shape index (κ3) is 3.94. The van der Waals surface area contributed by atoms with Gasteiger partial charge in [-0.3, -0.25) is 23.4 Å². The second-order valence-electron chi connectivity index (χ2n) is 6.05. The van der Waals surface area contributed by atoms with E-state index >= 15 is 0 Å². The molecule has 0 radical (unpaired) electrons. The van der Waals surface area contributed by atoms with Gasteiger partial charge in [0.2, 0.25) is 5.91 Å². The van der Waals surface area contributed by atoms with E-state index in [9.17, 15) is 13.8 Å². The summed E-state index contributed by atoms with van der Waals surface area (Å²) < 4.78 is 28.4. The molecular weight excluding hydrogens is 404 g/mol. The number of rotatable bonds is 5. The summed E-state index contributed by atoms with van der Waals surface area (Å²) in [6.45, 7) is 1.72. The van der Waals surface area contributed by atoms with Crippen LogP contribution in [0.1, 0.15) is 21.6 Å². The molecule has 0 aliphatic heterocycles. The fourth-order valence-corrected chi connectivity index (χ4v) is 3.48. The van der Waals surface area contributed by atoms with Crippen molar-refractivity contribution in [3.05, 3.63) is 64.3 Å². The van der Waals surface area contributed by atoms with Gasteiger partial charge >= 0.3 is 0 Å². The minimum atomic E-state index is -2.46. The van der Waals surface area contributed by atoms with Crippen LogP contribution in [-0.2, 0) is 22.5 Å². The van der Waals surface area contributed by atoms with Gasteiger partial charge in [-0.25, -0.2) is 4.21 Å². The van der Waals surface area contributed by atoms with Crippen LogP contribution in [0.25, 0.3) is 10.9 Å². The zero-order valence-corrected chi connectivity index (χ0v) is 16.6. The van der Waals surface area contributed by atoms with E-state index in [2.05, 4.69) is 0 Å². The van der Waals surface area contributed by atoms with Crippen LogP contribution in [0.4, 0.5) is 0 Å². The molecule has 7 nitrogen and oxygen atoms in total. The lowest BCUT2D eigenvalue weighted by molar-refractivity contribution is -0.118. The number of amides is 1. The molecule has 3 aromatic rings. The topological polar surface area (TPSA) is 97.6 Å². The van der Waals surface area contributed by atoms with Crippen LogP contribution in [0.5, 0.6) is 5.75 Å². The first kappa shape index (κ1) is 20.1. The second kappa shape index (κ2) is 8.14. The van der Waals surface area contributed by atoms with Gasteiger partial charge in [0.1, 0.15) is 5.75 Å². The Morgan fingerprint density at radius 3 is 2.50 bits per heavy atom. The Balaban J connectivity index is 2.16. The Morgan fingerprint density at radius 1 is 1.21 bits per heavy atom. The smallest absolute Gasteiger partial charge is 0.262 e. The zero-order chi connectivity index (χ0) is 20.4. The average Bonchev–Trinajstić information content (AvgIpc) is 2.92. The Kier molecular flexibility index (Phi) is 5.83. The standard InChI is InChI=1S/C19H17ClN2O5S/c1-11-15(10-18(23)21-28(25)26)16-9-14(27-2)7-8-17(16)22(11)19(24)12-3-5-13(20)6-4-12/h3-9H,10H2,1-2H3,(H,21,23)(H,25,26). The van der Waals surface area contributed by atoms with Gasteiger partial charge in [0, 0.05) is 21.7 Å². The molecule has 1 amide bonds. The molecule has 0 saturated carbocycles. The van der Waals surface area contributed by atoms with Gasteiger partial charge in [-0.15, -0.1) is 0 Å². The molecule has 0 fully saturated rings. The van der Waals surface area contributed by atoms with Gasteiger partial charge in [0.05, 0.1) is 19.0 Å². The van der Waals surface area contributed by atoms with Crippen molar-refractivity contribution in [3.63, 3.8) is 0 Å². The first-order valence-electron chi connectivity index (χ1n) is 8.20. The van der Waals surface area contributed by atoms with Crippen molar-refractivity contribution in [2.45, 2.75) is 13.3 Å². The number of carbonyl (C=O) groups is 2. The van der Waals surface area contributed by atoms with Crippen molar-refractivity contribution < 1.29 is 23.1 Å². The number of fused-ring (bicyclic) bond motifs is 1. The highest BCUT2D eigenvalue weighted by molar-refractivity contribution is 7.77. The van der Waals surface area contributed by atoms with E-state index in [4.69, 9.17) is 20.9 Å². The van der Waals surface area contributed by atoms with Gasteiger partial charge < -0.3 is 4.74 Å². The van der Waals surface area contributed by atoms with E-state index in [1.54, 1.807) is 49.4 Å². The summed E-state index contributed by atoms with van der Waals surface area (Å²) >= 11 is 3.44. The highest BCUT2D eigenvalue weighted by atomic mass is 35.5. The number of methoxy groups -OCH3 is 1. The molecule has 1 unspecified atom stereocenters. The van der Waals surface area contributed by atoms with E-state index in [1.165, 1.54) is 11.7 Å². The van der Waals surface area contributed by atoms with Gasteiger partial charge in [0.15, 0.2) is 0 Å². The molecule has 28 heavy (non-hydrogen) atoms. The molecule has 0 bridgehead atoms. The van der Waals surface area contributed by atoms with Crippen LogP contribution >= 0.6 is 11.6 Å². The largest absolute Gasteiger partial charge is 0.497 e. The van der Waals surface area contributed by atoms with Gasteiger partial charge in [-0.1, -0.05) is 11.6 Å². The molecule has 0 aliphatic carbocycles. The first-order valence-corrected chi connectivity index (χ1v) is 9.68. The SMILES string of the molecule is COc1ccc2c(c1)c(CC(=O)NS(=O)O)c(C)n2C(=O)c1ccc(Cl)cc1. The number of halogens is 1. The lowest BCUT2D eigenvalue weighted by atomic mass is 10.1. The van der Waals surface area contributed by atoms with Crippen molar-refractivity contribution in [1.82, 2.24) is 9.29 Å². The van der Waals surface area contributed by atoms with Gasteiger partial charge in [-0.2, -0.15) is 0 Å². The maximum Gasteiger partial charge on any atom is 0.262 e. The number of carbonyl (C=O) groups excluding carboxylic acids is 2. The predicted molar refractivity (Wildman–Crippen MR) is 107 cm³/mol. The molecule has 0 spiro atoms. The molecule has 9 heteroatoms. The summed E-state index contributed by atoms with van der Waals surface area (Å²) in [6.07, 6.45) is -0.164. The van der Waals surface area contributed by atoms with Crippen LogP contribution in [-0.4, -0.2) is 32.3 Å². The summed E-state index contributed by atoms with van der Waals surface area (Å²) in [5, 5.41) is 1.17. The van der Waals surface area contributed by atoms with E-state index < -0.39 is 17.2 Å². The summed E-state index contributed by atoms with van der Waals surface area (Å²) in [5.41, 5.74) is 2.17. The fraction of sp³-hybridized carbons (Fsp3) is 0.158. The zero-order valence-electron chi connectivity index (χ0n) is 15.1. The summed E-state index contributed by atoms with van der Waals surface area (Å²) in [5.74, 6) is -0.345. The molecule has 1 heterocycles. The number of nitrogens with one attached hydrogen (secondary N) is 1. The van der Waals surface area contributed by atoms with Crippen molar-refractivity contribution >= 4 is 45.6 Å². The Morgan fingerprint density at radius 2 is 1.89 bits per heavy atom. The van der Waals surface area contributed by atoms with E-state index in [0.29, 0.717) is 38.5 Å². The third-order valence-corrected chi connectivity index (χ3v) is 5.03. The number of nitrogens with zero attached hydrogens (tertiary/aromatic N) is 1. The Hall–Kier alpha value is -2.68. The molecule has 146 valence electrons. The minimum absolute atomic E-state index is 0.164. The number of hydrogen-bond donors (Lipinski definition) is 2. The lowest BCUT2D eigenvalue weighted by Crippen LogP contribution is -2.26. The van der Waals surface area contributed by atoms with Crippen LogP contribution < -0.4 is 9.46 Å². The van der Waals surface area contributed by atoms with Crippen LogP contribution in [0.2, 0.25) is 5.02 Å². The Bertz CT molecular complexity index is 1090. The monoisotopic (exact) mass is 420 g/mol. The number of benzene rings is 2. The summed E-state index contributed by atoms with van der Waals surface area (Å²) in [7, 11) is 1.52. The van der Waals surface area contributed by atoms with Crippen molar-refractivity contribution in [2.75, 3.05) is 7.11 Å². The predicted octanol–water partition coefficient (Wildman–Crippen LogP) is 3.10. The summed E-state index contributed by atoms with van der Waals surface area (Å²) in [6, 6.07) is 11.7. The Labute approximate surface area is 168 Å². The average molecular weight is 421 g/mol. The van der Waals surface area contributed by atoms with E-state index in [1.807, 2.05) is 4.72 Å². The maximum absolute atomic E-state index is 13.1. The fourth-order valence-electron chi connectivity index (χ4n) is 3.09. The minimum Gasteiger partial charge on any atom is -0.497 e. The molecule has 2 aromatic carbocycles. The van der Waals surface area contributed by atoms with E-state index in [-0.39, 0.29) is 12.3 Å². The molecule has 1 atom stereocenters. The van der Waals surface area contributed by atoms with Crippen LogP contribution in [0, 0.1) is 6.92 Å². The molecule has 1 aromatic heterocycles. The number of hydrogen-bond acceptors (Lipinski definition) is 4. The van der Waals surface area contributed by atoms with Crippen LogP contribution in [0.3, 0.4) is 0 Å². The third-order valence-electron chi connectivity index (χ3n) is 4.37. The van der Waals surface area contributed by atoms with Crippen molar-refractivity contribution in [1.29, 1.82) is 0 Å². The maximum atomic E-state index is 13.1. The first-order chi connectivity index (χ1) is 13.3. The molecular formula is C19H17ClN2O5S. The number of aromatic nitrogens is 1. The second-order valence-corrected chi connectivity index (χ2v) is 7.18. The van der Waals surface area contributed by atoms with E-state index in [0.717, 1.165) is 0 Å². The van der Waals surface area contributed by atoms with Gasteiger partial charge in [0.25, 0.3) is 17.2 Å². The molecule has 3 rings (SSSR count). The lowest BCUT2D eigenvalue weighted by Gasteiger charge is -2.08. The highest BCUT2D eigenvalue weighted by Gasteiger charge is 2.22. The number of ether oxygens (including phenoxy) is 1. The van der Waals surface area contributed by atoms with Crippen molar-refractivity contribution in [3.8, 4) is 5.75 Å². The van der Waals surface area contributed by atoms with Crippen molar-refractivity contribution in [2.24, 2.45) is 0 Å². The van der Waals surface area contributed by atoms with Crippen LogP contribution in [0.15, 0.2) is 42.5 Å². The molecule has 2 N–H and O–H groups in total. The van der Waals surface area contributed by atoms with Gasteiger partial charge in [-0.05, 0) is 55.0 Å². The summed E-state index contributed by atoms with van der Waals surface area (Å²) in [4.78, 5) is 25.2. The highest BCUT2D eigenvalue weighted by Crippen LogP contribution is 2.30. The molecule has 0 saturated heterocycles.